The Kier molecular flexibility index (Phi) is 6.10. The second-order valence-electron chi connectivity index (χ2n) is 8.58. The van der Waals surface area contributed by atoms with Crippen LogP contribution in [0.1, 0.15) is 54.9 Å². The Bertz CT molecular complexity index is 1210. The zero-order valence-corrected chi connectivity index (χ0v) is 19.1. The van der Waals surface area contributed by atoms with E-state index in [0.717, 1.165) is 52.8 Å². The maximum absolute atomic E-state index is 6.24. The maximum Gasteiger partial charge on any atom is 0.157 e. The van der Waals surface area contributed by atoms with Gasteiger partial charge in [-0.15, -0.1) is 10.2 Å². The highest BCUT2D eigenvalue weighted by Crippen LogP contribution is 2.28. The largest absolute Gasteiger partial charge is 0.489 e. The zero-order chi connectivity index (χ0) is 22.6. The number of ether oxygens (including phenoxy) is 1. The molecule has 1 saturated carbocycles. The van der Waals surface area contributed by atoms with Crippen molar-refractivity contribution >= 4 is 0 Å². The number of tetrazole rings is 1. The molecule has 0 spiro atoms. The van der Waals surface area contributed by atoms with Crippen LogP contribution in [0.4, 0.5) is 0 Å². The van der Waals surface area contributed by atoms with Gasteiger partial charge < -0.3 is 4.74 Å². The van der Waals surface area contributed by atoms with Gasteiger partial charge in [0.25, 0.3) is 0 Å². The molecule has 1 aliphatic rings. The Morgan fingerprint density at radius 1 is 0.970 bits per heavy atom. The van der Waals surface area contributed by atoms with Crippen molar-refractivity contribution in [3.8, 4) is 17.1 Å². The molecule has 0 unspecified atom stereocenters. The summed E-state index contributed by atoms with van der Waals surface area (Å²) in [6, 6.07) is 14.1. The van der Waals surface area contributed by atoms with Gasteiger partial charge in [-0.3, -0.25) is 4.68 Å². The number of aryl methyl sites for hydroxylation is 2. The first kappa shape index (κ1) is 21.2. The number of aromatic nitrogens is 8. The highest BCUT2D eigenvalue weighted by molar-refractivity contribution is 5.58. The molecule has 3 aromatic heterocycles. The minimum Gasteiger partial charge on any atom is -0.489 e. The summed E-state index contributed by atoms with van der Waals surface area (Å²) in [6.07, 6.45) is 6.81. The quantitative estimate of drug-likeness (QED) is 0.430. The SMILES string of the molecule is Cc1nc(-c2nnn(C)c2Cc2nnnn2Cc2ccccc2)ccc1OC1CCCCC1. The Morgan fingerprint density at radius 2 is 1.79 bits per heavy atom. The normalized spacial score (nSPS) is 14.5. The average Bonchev–Trinajstić information content (AvgIpc) is 3.43. The van der Waals surface area contributed by atoms with Crippen molar-refractivity contribution in [1.29, 1.82) is 0 Å². The molecule has 0 saturated heterocycles. The van der Waals surface area contributed by atoms with Gasteiger partial charge >= 0.3 is 0 Å². The number of rotatable bonds is 7. The molecule has 170 valence electrons. The highest BCUT2D eigenvalue weighted by Gasteiger charge is 2.20. The molecule has 5 rings (SSSR count). The summed E-state index contributed by atoms with van der Waals surface area (Å²) < 4.78 is 9.81. The highest BCUT2D eigenvalue weighted by atomic mass is 16.5. The molecule has 0 atom stereocenters. The maximum atomic E-state index is 6.24. The molecule has 0 amide bonds. The van der Waals surface area contributed by atoms with Gasteiger partial charge in [0.05, 0.1) is 36.2 Å². The van der Waals surface area contributed by atoms with Crippen LogP contribution < -0.4 is 4.74 Å². The van der Waals surface area contributed by atoms with Gasteiger partial charge in [0.1, 0.15) is 11.4 Å². The third-order valence-electron chi connectivity index (χ3n) is 6.18. The van der Waals surface area contributed by atoms with Crippen LogP contribution in [0.3, 0.4) is 0 Å². The third-order valence-corrected chi connectivity index (χ3v) is 6.18. The van der Waals surface area contributed by atoms with E-state index in [2.05, 4.69) is 38.0 Å². The molecule has 1 aromatic carbocycles. The summed E-state index contributed by atoms with van der Waals surface area (Å²) in [6.45, 7) is 2.59. The van der Waals surface area contributed by atoms with Gasteiger partial charge in [-0.2, -0.15) is 0 Å². The fourth-order valence-corrected chi connectivity index (χ4v) is 4.32. The lowest BCUT2D eigenvalue weighted by Gasteiger charge is -2.23. The van der Waals surface area contributed by atoms with Gasteiger partial charge in [0.2, 0.25) is 0 Å². The predicted octanol–water partition coefficient (Wildman–Crippen LogP) is 3.52. The van der Waals surface area contributed by atoms with Gasteiger partial charge in [0.15, 0.2) is 5.82 Å². The monoisotopic (exact) mass is 444 g/mol. The van der Waals surface area contributed by atoms with Crippen LogP contribution in [0.15, 0.2) is 42.5 Å². The fraction of sp³-hybridized carbons (Fsp3) is 0.417. The van der Waals surface area contributed by atoms with Gasteiger partial charge in [-0.1, -0.05) is 42.0 Å². The Balaban J connectivity index is 1.37. The zero-order valence-electron chi connectivity index (χ0n) is 19.1. The van der Waals surface area contributed by atoms with E-state index in [-0.39, 0.29) is 0 Å². The van der Waals surface area contributed by atoms with Crippen LogP contribution >= 0.6 is 0 Å². The van der Waals surface area contributed by atoms with E-state index in [4.69, 9.17) is 9.72 Å². The lowest BCUT2D eigenvalue weighted by atomic mass is 9.98. The van der Waals surface area contributed by atoms with Crippen LogP contribution in [-0.4, -0.2) is 46.3 Å². The van der Waals surface area contributed by atoms with E-state index in [9.17, 15) is 0 Å². The van der Waals surface area contributed by atoms with Crippen molar-refractivity contribution in [3.63, 3.8) is 0 Å². The first-order valence-electron chi connectivity index (χ1n) is 11.5. The second-order valence-corrected chi connectivity index (χ2v) is 8.58. The van der Waals surface area contributed by atoms with E-state index in [1.807, 2.05) is 49.0 Å². The van der Waals surface area contributed by atoms with Gasteiger partial charge in [-0.05, 0) is 60.7 Å². The van der Waals surface area contributed by atoms with E-state index >= 15 is 0 Å². The first-order valence-corrected chi connectivity index (χ1v) is 11.5. The minimum absolute atomic E-state index is 0.292. The number of nitrogens with zero attached hydrogens (tertiary/aromatic N) is 8. The van der Waals surface area contributed by atoms with E-state index < -0.39 is 0 Å². The van der Waals surface area contributed by atoms with Crippen molar-refractivity contribution in [2.75, 3.05) is 0 Å². The van der Waals surface area contributed by atoms with Crippen LogP contribution in [-0.2, 0) is 20.0 Å². The number of hydrogen-bond donors (Lipinski definition) is 0. The summed E-state index contributed by atoms with van der Waals surface area (Å²) in [4.78, 5) is 4.80. The minimum atomic E-state index is 0.292. The predicted molar refractivity (Wildman–Crippen MR) is 123 cm³/mol. The third kappa shape index (κ3) is 4.76. The molecule has 0 aliphatic heterocycles. The average molecular weight is 445 g/mol. The standard InChI is InChI=1S/C24H28N8O/c1-17-22(33-19-11-7-4-8-12-19)14-13-20(25-17)24-21(31(2)29-27-24)15-23-26-28-30-32(23)16-18-9-5-3-6-10-18/h3,5-6,9-10,13-14,19H,4,7-8,11-12,15-16H2,1-2H3. The lowest BCUT2D eigenvalue weighted by Crippen LogP contribution is -2.20. The molecule has 9 heteroatoms. The summed E-state index contributed by atoms with van der Waals surface area (Å²) in [5.74, 6) is 1.60. The van der Waals surface area contributed by atoms with Crippen molar-refractivity contribution in [2.45, 2.75) is 58.1 Å². The van der Waals surface area contributed by atoms with Crippen molar-refractivity contribution < 1.29 is 4.74 Å². The first-order chi connectivity index (χ1) is 16.2. The molecule has 0 bridgehead atoms. The number of benzene rings is 1. The van der Waals surface area contributed by atoms with Crippen LogP contribution in [0, 0.1) is 6.92 Å². The van der Waals surface area contributed by atoms with Crippen molar-refractivity contribution in [1.82, 2.24) is 40.2 Å². The Labute approximate surface area is 192 Å². The van der Waals surface area contributed by atoms with E-state index in [1.165, 1.54) is 19.3 Å². The summed E-state index contributed by atoms with van der Waals surface area (Å²) >= 11 is 0. The van der Waals surface area contributed by atoms with Crippen molar-refractivity contribution in [2.24, 2.45) is 7.05 Å². The molecule has 0 radical (unpaired) electrons. The fourth-order valence-electron chi connectivity index (χ4n) is 4.32. The smallest absolute Gasteiger partial charge is 0.157 e. The second kappa shape index (κ2) is 9.48. The van der Waals surface area contributed by atoms with E-state index in [1.54, 1.807) is 4.68 Å². The Hall–Kier alpha value is -3.62. The molecule has 3 heterocycles. The molecule has 1 fully saturated rings. The van der Waals surface area contributed by atoms with E-state index in [0.29, 0.717) is 19.1 Å². The molecular weight excluding hydrogens is 416 g/mol. The topological polar surface area (TPSA) is 96.4 Å². The number of pyridine rings is 1. The summed E-state index contributed by atoms with van der Waals surface area (Å²) in [5, 5.41) is 21.0. The molecule has 9 nitrogen and oxygen atoms in total. The Morgan fingerprint density at radius 3 is 2.58 bits per heavy atom. The van der Waals surface area contributed by atoms with Crippen LogP contribution in [0.2, 0.25) is 0 Å². The molecular formula is C24H28N8O. The number of hydrogen-bond acceptors (Lipinski definition) is 7. The summed E-state index contributed by atoms with van der Waals surface area (Å²) in [5.41, 5.74) is 4.42. The lowest BCUT2D eigenvalue weighted by molar-refractivity contribution is 0.153. The molecule has 4 aromatic rings. The molecule has 33 heavy (non-hydrogen) atoms. The van der Waals surface area contributed by atoms with Crippen LogP contribution in [0.5, 0.6) is 5.75 Å². The van der Waals surface area contributed by atoms with Crippen LogP contribution in [0.25, 0.3) is 11.4 Å². The van der Waals surface area contributed by atoms with Gasteiger partial charge in [-0.25, -0.2) is 9.67 Å². The summed E-state index contributed by atoms with van der Waals surface area (Å²) in [7, 11) is 1.88. The van der Waals surface area contributed by atoms with Crippen molar-refractivity contribution in [3.05, 3.63) is 65.2 Å². The molecule has 1 aliphatic carbocycles. The van der Waals surface area contributed by atoms with Gasteiger partial charge in [0, 0.05) is 7.05 Å². The molecule has 0 N–H and O–H groups in total.